The van der Waals surface area contributed by atoms with E-state index in [0.29, 0.717) is 0 Å². The molecule has 4 unspecified atom stereocenters. The Morgan fingerprint density at radius 3 is 2.40 bits per heavy atom. The maximum Gasteiger partial charge on any atom is 0.312 e. The zero-order chi connectivity index (χ0) is 17.9. The fourth-order valence-corrected chi connectivity index (χ4v) is 4.17. The summed E-state index contributed by atoms with van der Waals surface area (Å²) >= 11 is 5.77. The minimum absolute atomic E-state index is 0.0795. The molecule has 3 aliphatic rings. The van der Waals surface area contributed by atoms with Crippen LogP contribution in [0.4, 0.5) is 5.69 Å². The molecule has 2 bridgehead atoms. The molecule has 1 saturated carbocycles. The van der Waals surface area contributed by atoms with E-state index in [0.717, 1.165) is 23.7 Å². The van der Waals surface area contributed by atoms with E-state index in [1.165, 1.54) is 6.07 Å². The van der Waals surface area contributed by atoms with Gasteiger partial charge in [-0.1, -0.05) is 23.8 Å². The molecule has 25 heavy (non-hydrogen) atoms. The van der Waals surface area contributed by atoms with Crippen molar-refractivity contribution in [3.63, 3.8) is 0 Å². The first-order valence-corrected chi connectivity index (χ1v) is 8.03. The van der Waals surface area contributed by atoms with Gasteiger partial charge in [0, 0.05) is 11.6 Å². The van der Waals surface area contributed by atoms with Crippen LogP contribution in [0.15, 0.2) is 29.4 Å². The summed E-state index contributed by atoms with van der Waals surface area (Å²) in [5.74, 6) is -1.90. The van der Waals surface area contributed by atoms with Crippen molar-refractivity contribution in [1.29, 1.82) is 0 Å². The Labute approximate surface area is 146 Å². The summed E-state index contributed by atoms with van der Waals surface area (Å²) in [6.07, 6.45) is 5.94. The first-order valence-electron chi connectivity index (χ1n) is 7.65. The van der Waals surface area contributed by atoms with Gasteiger partial charge >= 0.3 is 5.69 Å². The van der Waals surface area contributed by atoms with Crippen molar-refractivity contribution in [2.45, 2.75) is 6.42 Å². The second-order valence-electron chi connectivity index (χ2n) is 6.36. The Morgan fingerprint density at radius 2 is 1.84 bits per heavy atom. The number of fused-ring (bicyclic) bond motifs is 5. The molecule has 9 heteroatoms. The lowest BCUT2D eigenvalue weighted by atomic mass is 9.85. The molecule has 128 valence electrons. The molecule has 0 radical (unpaired) electrons. The lowest BCUT2D eigenvalue weighted by Gasteiger charge is -2.13. The molecule has 1 saturated heterocycles. The number of carbonyl (C=O) groups excluding carboxylic acids is 2. The number of nitro groups is 1. The number of hydrazone groups is 1. The van der Waals surface area contributed by atoms with Gasteiger partial charge in [0.25, 0.3) is 11.8 Å². The number of rotatable bonds is 3. The molecule has 0 aromatic heterocycles. The van der Waals surface area contributed by atoms with Gasteiger partial charge in [-0.3, -0.25) is 19.7 Å². The summed E-state index contributed by atoms with van der Waals surface area (Å²) in [5, 5.41) is 25.1. The molecule has 2 aliphatic carbocycles. The van der Waals surface area contributed by atoms with E-state index in [1.807, 2.05) is 12.2 Å². The predicted molar refractivity (Wildman–Crippen MR) is 86.9 cm³/mol. The van der Waals surface area contributed by atoms with Gasteiger partial charge in [0.05, 0.1) is 28.0 Å². The van der Waals surface area contributed by atoms with E-state index >= 15 is 0 Å². The van der Waals surface area contributed by atoms with E-state index in [2.05, 4.69) is 5.10 Å². The second-order valence-corrected chi connectivity index (χ2v) is 6.77. The highest BCUT2D eigenvalue weighted by atomic mass is 35.5. The first-order chi connectivity index (χ1) is 11.9. The Hall–Kier alpha value is -2.74. The lowest BCUT2D eigenvalue weighted by Crippen LogP contribution is -2.28. The van der Waals surface area contributed by atoms with Crippen LogP contribution < -0.4 is 0 Å². The van der Waals surface area contributed by atoms with E-state index in [1.54, 1.807) is 0 Å². The maximum absolute atomic E-state index is 12.5. The zero-order valence-corrected chi connectivity index (χ0v) is 13.5. The topological polar surface area (TPSA) is 113 Å². The van der Waals surface area contributed by atoms with Crippen molar-refractivity contribution in [2.75, 3.05) is 0 Å². The number of imide groups is 1. The third-order valence-corrected chi connectivity index (χ3v) is 5.32. The number of benzene rings is 1. The Balaban J connectivity index is 1.62. The average molecular weight is 362 g/mol. The van der Waals surface area contributed by atoms with Gasteiger partial charge in [0.1, 0.15) is 0 Å². The number of hydrogen-bond donors (Lipinski definition) is 1. The largest absolute Gasteiger partial charge is 0.501 e. The van der Waals surface area contributed by atoms with Gasteiger partial charge in [0.2, 0.25) is 5.75 Å². The van der Waals surface area contributed by atoms with Crippen LogP contribution in [0.1, 0.15) is 12.0 Å². The molecular formula is C16H12ClN3O5. The number of halogens is 1. The van der Waals surface area contributed by atoms with Gasteiger partial charge < -0.3 is 5.11 Å². The summed E-state index contributed by atoms with van der Waals surface area (Å²) in [4.78, 5) is 35.1. The minimum atomic E-state index is -0.779. The Morgan fingerprint density at radius 1 is 1.24 bits per heavy atom. The van der Waals surface area contributed by atoms with Crippen molar-refractivity contribution >= 4 is 35.3 Å². The standard InChI is InChI=1S/C16H12ClN3O5/c17-10-3-7(4-11(14(10)21)20(24)25)6-18-19-15(22)12-8-1-2-9(5-8)13(12)16(19)23/h1-4,6,8-9,12-13,21H,5H2/b18-6+. The number of nitro benzene ring substituents is 1. The monoisotopic (exact) mass is 361 g/mol. The van der Waals surface area contributed by atoms with Crippen molar-refractivity contribution in [1.82, 2.24) is 5.01 Å². The molecule has 1 aromatic carbocycles. The predicted octanol–water partition coefficient (Wildman–Crippen LogP) is 2.09. The van der Waals surface area contributed by atoms with Gasteiger partial charge in [-0.05, 0) is 24.3 Å². The maximum atomic E-state index is 12.5. The molecule has 8 nitrogen and oxygen atoms in total. The molecule has 2 fully saturated rings. The molecule has 1 N–H and O–H groups in total. The quantitative estimate of drug-likeness (QED) is 0.291. The molecule has 0 spiro atoms. The normalized spacial score (nSPS) is 29.9. The second kappa shape index (κ2) is 5.38. The Bertz CT molecular complexity index is 851. The van der Waals surface area contributed by atoms with Gasteiger partial charge in [-0.15, -0.1) is 0 Å². The van der Waals surface area contributed by atoms with Gasteiger partial charge in [0.15, 0.2) is 0 Å². The van der Waals surface area contributed by atoms with E-state index in [9.17, 15) is 24.8 Å². The van der Waals surface area contributed by atoms with Crippen molar-refractivity contribution in [2.24, 2.45) is 28.8 Å². The third-order valence-electron chi connectivity index (χ3n) is 5.03. The highest BCUT2D eigenvalue weighted by Crippen LogP contribution is 2.52. The number of phenols is 1. The molecule has 1 heterocycles. The van der Waals surface area contributed by atoms with Crippen LogP contribution >= 0.6 is 11.6 Å². The molecular weight excluding hydrogens is 350 g/mol. The van der Waals surface area contributed by atoms with Crippen LogP contribution in [0.2, 0.25) is 5.02 Å². The summed E-state index contributed by atoms with van der Waals surface area (Å²) in [5.41, 5.74) is -0.375. The molecule has 4 rings (SSSR count). The third kappa shape index (κ3) is 2.25. The van der Waals surface area contributed by atoms with E-state index in [-0.39, 0.29) is 46.1 Å². The first kappa shape index (κ1) is 15.8. The number of hydrogen-bond acceptors (Lipinski definition) is 6. The van der Waals surface area contributed by atoms with Crippen LogP contribution in [0.3, 0.4) is 0 Å². The van der Waals surface area contributed by atoms with Crippen molar-refractivity contribution in [3.05, 3.63) is 45.0 Å². The summed E-state index contributed by atoms with van der Waals surface area (Å²) in [7, 11) is 0. The van der Waals surface area contributed by atoms with Crippen molar-refractivity contribution in [3.8, 4) is 5.75 Å². The number of phenolic OH excluding ortho intramolecular Hbond substituents is 1. The zero-order valence-electron chi connectivity index (χ0n) is 12.7. The van der Waals surface area contributed by atoms with Crippen molar-refractivity contribution < 1.29 is 19.6 Å². The fourth-order valence-electron chi connectivity index (χ4n) is 3.94. The average Bonchev–Trinajstić information content (AvgIpc) is 3.23. The highest BCUT2D eigenvalue weighted by Gasteiger charge is 2.59. The molecule has 1 aliphatic heterocycles. The molecule has 2 amide bonds. The summed E-state index contributed by atoms with van der Waals surface area (Å²) in [6, 6.07) is 2.34. The number of carbonyl (C=O) groups is 2. The van der Waals surface area contributed by atoms with E-state index in [4.69, 9.17) is 11.6 Å². The minimum Gasteiger partial charge on any atom is -0.501 e. The van der Waals surface area contributed by atoms with Crippen LogP contribution in [0.25, 0.3) is 0 Å². The van der Waals surface area contributed by atoms with E-state index < -0.39 is 16.4 Å². The number of nitrogens with zero attached hydrogens (tertiary/aromatic N) is 3. The summed E-state index contributed by atoms with van der Waals surface area (Å²) < 4.78 is 0. The number of amides is 2. The van der Waals surface area contributed by atoms with Gasteiger partial charge in [-0.25, -0.2) is 0 Å². The van der Waals surface area contributed by atoms with Crippen LogP contribution in [-0.2, 0) is 9.59 Å². The highest BCUT2D eigenvalue weighted by molar-refractivity contribution is 6.32. The SMILES string of the molecule is O=C1C2C3C=CC(C3)C2C(=O)N1/N=C/c1cc(Cl)c(O)c([N+](=O)[O-])c1. The smallest absolute Gasteiger partial charge is 0.312 e. The number of aromatic hydroxyl groups is 1. The van der Waals surface area contributed by atoms with Gasteiger partial charge in [-0.2, -0.15) is 10.1 Å². The Kier molecular flexibility index (Phi) is 3.40. The fraction of sp³-hybridized carbons (Fsp3) is 0.312. The molecule has 1 aromatic rings. The van der Waals surface area contributed by atoms with Crippen LogP contribution in [-0.4, -0.2) is 33.1 Å². The molecule has 4 atom stereocenters. The lowest BCUT2D eigenvalue weighted by molar-refractivity contribution is -0.385. The summed E-state index contributed by atoms with van der Waals surface area (Å²) in [6.45, 7) is 0. The number of allylic oxidation sites excluding steroid dienone is 2. The van der Waals surface area contributed by atoms with Crippen LogP contribution in [0, 0.1) is 33.8 Å². The van der Waals surface area contributed by atoms with Crippen LogP contribution in [0.5, 0.6) is 5.75 Å².